The molecule has 4 aromatic rings. The van der Waals surface area contributed by atoms with E-state index in [4.69, 9.17) is 5.73 Å². The molecule has 0 radical (unpaired) electrons. The van der Waals surface area contributed by atoms with Crippen LogP contribution in [-0.2, 0) is 0 Å². The van der Waals surface area contributed by atoms with Crippen molar-refractivity contribution in [3.8, 4) is 0 Å². The molecule has 0 spiro atoms. The van der Waals surface area contributed by atoms with Crippen molar-refractivity contribution in [1.82, 2.24) is 9.13 Å². The van der Waals surface area contributed by atoms with E-state index >= 15 is 13.2 Å². The molecular formula is C32H30F3N5O6. The van der Waals surface area contributed by atoms with Gasteiger partial charge in [0, 0.05) is 49.2 Å². The Kier molecular flexibility index (Phi) is 6.79. The number of halogens is 3. The minimum atomic E-state index is -1.52. The number of pyridine rings is 2. The number of carboxylic acids is 2. The molecule has 1 saturated heterocycles. The second-order valence-electron chi connectivity index (χ2n) is 12.4. The first kappa shape index (κ1) is 29.7. The van der Waals surface area contributed by atoms with Crippen LogP contribution in [0.25, 0.3) is 21.8 Å². The smallest absolute Gasteiger partial charge is 0.341 e. The van der Waals surface area contributed by atoms with Crippen molar-refractivity contribution in [2.45, 2.75) is 63.6 Å². The lowest BCUT2D eigenvalue weighted by Crippen LogP contribution is -2.40. The lowest BCUT2D eigenvalue weighted by Gasteiger charge is -2.35. The Bertz CT molecular complexity index is 2130. The zero-order valence-corrected chi connectivity index (χ0v) is 24.7. The first-order valence-electron chi connectivity index (χ1n) is 15.1. The van der Waals surface area contributed by atoms with Crippen molar-refractivity contribution in [3.63, 3.8) is 0 Å². The molecule has 2 aliphatic carbocycles. The highest BCUT2D eigenvalue weighted by molar-refractivity contribution is 6.00. The number of nitrogens with one attached hydrogen (secondary N) is 1. The maximum Gasteiger partial charge on any atom is 0.341 e. The lowest BCUT2D eigenvalue weighted by atomic mass is 10.00. The zero-order chi connectivity index (χ0) is 32.8. The Balaban J connectivity index is 1.20. The van der Waals surface area contributed by atoms with Gasteiger partial charge in [-0.25, -0.2) is 22.8 Å². The molecule has 1 aliphatic heterocycles. The van der Waals surface area contributed by atoms with Gasteiger partial charge in [0.1, 0.15) is 22.6 Å². The number of anilines is 3. The third kappa shape index (κ3) is 4.57. The van der Waals surface area contributed by atoms with E-state index < -0.39 is 74.2 Å². The number of aromatic carboxylic acids is 2. The maximum absolute atomic E-state index is 16.0. The first-order chi connectivity index (χ1) is 21.9. The van der Waals surface area contributed by atoms with Gasteiger partial charge in [-0.1, -0.05) is 0 Å². The van der Waals surface area contributed by atoms with Gasteiger partial charge < -0.3 is 35.3 Å². The molecule has 2 saturated carbocycles. The van der Waals surface area contributed by atoms with E-state index in [1.54, 1.807) is 15.5 Å². The average molecular weight is 638 g/mol. The summed E-state index contributed by atoms with van der Waals surface area (Å²) in [4.78, 5) is 51.2. The molecule has 5 N–H and O–H groups in total. The second-order valence-corrected chi connectivity index (χ2v) is 12.4. The molecule has 0 atom stereocenters. The highest BCUT2D eigenvalue weighted by atomic mass is 19.1. The van der Waals surface area contributed by atoms with Crippen molar-refractivity contribution in [2.24, 2.45) is 0 Å². The average Bonchev–Trinajstić information content (AvgIpc) is 3.94. The number of aromatic nitrogens is 2. The van der Waals surface area contributed by atoms with E-state index in [0.29, 0.717) is 44.3 Å². The number of benzene rings is 2. The SMILES string of the molecule is Cc1c(F)c(N2CCC(Nc3c(F)c(N)c4c(=O)c(C(=O)O)cn(C5CC5)c4c3F)CC2)cc2c1c(=O)c(C(=O)O)cn2C1CC1. The van der Waals surface area contributed by atoms with E-state index in [-0.39, 0.29) is 34.2 Å². The van der Waals surface area contributed by atoms with Gasteiger partial charge in [0.25, 0.3) is 0 Å². The second kappa shape index (κ2) is 10.5. The summed E-state index contributed by atoms with van der Waals surface area (Å²) in [5.41, 5.74) is 2.52. The Morgan fingerprint density at radius 2 is 1.37 bits per heavy atom. The predicted molar refractivity (Wildman–Crippen MR) is 165 cm³/mol. The largest absolute Gasteiger partial charge is 0.477 e. The van der Waals surface area contributed by atoms with Gasteiger partial charge in [-0.3, -0.25) is 9.59 Å². The van der Waals surface area contributed by atoms with Gasteiger partial charge in [-0.05, 0) is 51.5 Å². The van der Waals surface area contributed by atoms with E-state index in [1.165, 1.54) is 17.7 Å². The number of aryl methyl sites for hydroxylation is 1. The molecule has 0 amide bonds. The van der Waals surface area contributed by atoms with Crippen LogP contribution < -0.4 is 26.8 Å². The molecule has 0 unspecified atom stereocenters. The predicted octanol–water partition coefficient (Wildman–Crippen LogP) is 4.77. The van der Waals surface area contributed by atoms with Gasteiger partial charge >= 0.3 is 11.9 Å². The maximum atomic E-state index is 16.0. The Morgan fingerprint density at radius 1 is 0.826 bits per heavy atom. The number of piperidine rings is 1. The molecule has 240 valence electrons. The molecule has 46 heavy (non-hydrogen) atoms. The molecule has 2 aromatic heterocycles. The fourth-order valence-electron chi connectivity index (χ4n) is 6.64. The number of nitrogen functional groups attached to an aromatic ring is 1. The van der Waals surface area contributed by atoms with Gasteiger partial charge in [0.05, 0.1) is 33.2 Å². The summed E-state index contributed by atoms with van der Waals surface area (Å²) in [6.07, 6.45) is 5.98. The van der Waals surface area contributed by atoms with E-state index in [9.17, 15) is 29.4 Å². The Morgan fingerprint density at radius 3 is 1.93 bits per heavy atom. The van der Waals surface area contributed by atoms with Gasteiger partial charge in [-0.2, -0.15) is 0 Å². The van der Waals surface area contributed by atoms with E-state index in [2.05, 4.69) is 5.32 Å². The molecule has 3 heterocycles. The quantitative estimate of drug-likeness (QED) is 0.209. The number of carbonyl (C=O) groups is 2. The molecule has 2 aromatic carbocycles. The van der Waals surface area contributed by atoms with Crippen LogP contribution in [-0.4, -0.2) is 50.4 Å². The summed E-state index contributed by atoms with van der Waals surface area (Å²) in [5.74, 6) is -5.76. The normalized spacial score (nSPS) is 17.2. The fourth-order valence-corrected chi connectivity index (χ4v) is 6.64. The highest BCUT2D eigenvalue weighted by Gasteiger charge is 2.34. The van der Waals surface area contributed by atoms with Crippen molar-refractivity contribution < 1.29 is 33.0 Å². The minimum absolute atomic E-state index is 0.0139. The Labute approximate surface area is 258 Å². The van der Waals surface area contributed by atoms with Crippen LogP contribution >= 0.6 is 0 Å². The summed E-state index contributed by atoms with van der Waals surface area (Å²) < 4.78 is 50.5. The zero-order valence-electron chi connectivity index (χ0n) is 24.7. The van der Waals surface area contributed by atoms with Crippen LogP contribution in [0.1, 0.15) is 76.9 Å². The third-order valence-corrected chi connectivity index (χ3v) is 9.39. The number of hydrogen-bond donors (Lipinski definition) is 4. The monoisotopic (exact) mass is 637 g/mol. The summed E-state index contributed by atoms with van der Waals surface area (Å²) in [6.45, 7) is 2.04. The van der Waals surface area contributed by atoms with Crippen LogP contribution in [0.15, 0.2) is 28.0 Å². The van der Waals surface area contributed by atoms with Crippen LogP contribution in [0.2, 0.25) is 0 Å². The number of carboxylic acid groups (broad SMARTS) is 2. The third-order valence-electron chi connectivity index (χ3n) is 9.39. The van der Waals surface area contributed by atoms with Crippen molar-refractivity contribution in [3.05, 3.63) is 73.0 Å². The molecular weight excluding hydrogens is 607 g/mol. The standard InChI is InChI=1S/C32H30F3N5O6/c1-13-21-19(39(15-2-3-15)11-17(29(21)41)31(43)44)10-20(23(13)33)38-8-6-14(7-9-38)37-27-24(34)26(36)22-28(25(27)35)40(16-4-5-16)12-18(30(22)42)32(45)46/h10-12,14-16,37H,2-9,36H2,1H3,(H,43,44)(H,45,46). The minimum Gasteiger partial charge on any atom is -0.477 e. The summed E-state index contributed by atoms with van der Waals surface area (Å²) in [5, 5.41) is 21.5. The summed E-state index contributed by atoms with van der Waals surface area (Å²) in [6, 6.07) is 0.885. The van der Waals surface area contributed by atoms with E-state index in [1.807, 2.05) is 0 Å². The Hall–Kier alpha value is -5.01. The molecule has 3 aliphatic rings. The van der Waals surface area contributed by atoms with Crippen LogP contribution in [0.4, 0.5) is 30.2 Å². The molecule has 11 nitrogen and oxygen atoms in total. The van der Waals surface area contributed by atoms with Gasteiger partial charge in [0.2, 0.25) is 10.9 Å². The van der Waals surface area contributed by atoms with E-state index in [0.717, 1.165) is 19.0 Å². The van der Waals surface area contributed by atoms with Gasteiger partial charge in [0.15, 0.2) is 11.6 Å². The molecule has 14 heteroatoms. The first-order valence-corrected chi connectivity index (χ1v) is 15.1. The van der Waals surface area contributed by atoms with Crippen LogP contribution in [0.3, 0.4) is 0 Å². The van der Waals surface area contributed by atoms with Crippen LogP contribution in [0.5, 0.6) is 0 Å². The van der Waals surface area contributed by atoms with Crippen molar-refractivity contribution in [2.75, 3.05) is 29.0 Å². The number of hydrogen-bond acceptors (Lipinski definition) is 7. The summed E-state index contributed by atoms with van der Waals surface area (Å²) in [7, 11) is 0. The highest BCUT2D eigenvalue weighted by Crippen LogP contribution is 2.42. The lowest BCUT2D eigenvalue weighted by molar-refractivity contribution is 0.0684. The number of fused-ring (bicyclic) bond motifs is 2. The fraction of sp³-hybridized carbons (Fsp3) is 0.375. The molecule has 3 fully saturated rings. The van der Waals surface area contributed by atoms with Crippen molar-refractivity contribution in [1.29, 1.82) is 0 Å². The van der Waals surface area contributed by atoms with Crippen molar-refractivity contribution >= 4 is 50.8 Å². The number of nitrogens with two attached hydrogens (primary N) is 1. The number of nitrogens with zero attached hydrogens (tertiary/aromatic N) is 3. The number of rotatable bonds is 7. The van der Waals surface area contributed by atoms with Crippen LogP contribution in [0, 0.1) is 24.4 Å². The summed E-state index contributed by atoms with van der Waals surface area (Å²) >= 11 is 0. The topological polar surface area (TPSA) is 160 Å². The molecule has 7 rings (SSSR count). The molecule has 0 bridgehead atoms. The van der Waals surface area contributed by atoms with Gasteiger partial charge in [-0.15, -0.1) is 0 Å².